The van der Waals surface area contributed by atoms with Gasteiger partial charge in [-0.3, -0.25) is 9.59 Å². The third-order valence-corrected chi connectivity index (χ3v) is 5.51. The number of benzene rings is 2. The second kappa shape index (κ2) is 9.15. The summed E-state index contributed by atoms with van der Waals surface area (Å²) in [5.74, 6) is -0.610. The van der Waals surface area contributed by atoms with Gasteiger partial charge in [0, 0.05) is 23.7 Å². The maximum atomic E-state index is 13.3. The number of nitrogens with zero attached hydrogens (tertiary/aromatic N) is 4. The Morgan fingerprint density at radius 3 is 2.31 bits per heavy atom. The number of aryl methyl sites for hydroxylation is 1. The SMILES string of the molecule is CC(=O)Nc1ccc(NC(=O)CSc2nnc(C)c3cnn(-c4ccc(F)cc4)c23)cc1. The fourth-order valence-corrected chi connectivity index (χ4v) is 3.86. The second-order valence-electron chi connectivity index (χ2n) is 6.98. The van der Waals surface area contributed by atoms with Crippen LogP contribution in [0.5, 0.6) is 0 Å². The van der Waals surface area contributed by atoms with Gasteiger partial charge in [0.05, 0.1) is 23.3 Å². The molecule has 2 amide bonds. The Kier molecular flexibility index (Phi) is 6.13. The van der Waals surface area contributed by atoms with Crippen molar-refractivity contribution < 1.29 is 14.0 Å². The number of fused-ring (bicyclic) bond motifs is 1. The molecule has 2 aromatic carbocycles. The number of hydrogen-bond donors (Lipinski definition) is 2. The molecule has 0 saturated carbocycles. The molecule has 0 aliphatic heterocycles. The largest absolute Gasteiger partial charge is 0.326 e. The Labute approximate surface area is 187 Å². The summed E-state index contributed by atoms with van der Waals surface area (Å²) >= 11 is 1.24. The van der Waals surface area contributed by atoms with Crippen LogP contribution in [0.1, 0.15) is 12.6 Å². The van der Waals surface area contributed by atoms with Gasteiger partial charge in [0.25, 0.3) is 0 Å². The van der Waals surface area contributed by atoms with Crippen molar-refractivity contribution >= 4 is 45.9 Å². The number of rotatable bonds is 6. The fraction of sp³-hybridized carbons (Fsp3) is 0.136. The maximum absolute atomic E-state index is 13.3. The molecule has 162 valence electrons. The van der Waals surface area contributed by atoms with Crippen molar-refractivity contribution in [2.45, 2.75) is 18.9 Å². The first kappa shape index (κ1) is 21.4. The number of carbonyl (C=O) groups excluding carboxylic acids is 2. The number of amides is 2. The average Bonchev–Trinajstić information content (AvgIpc) is 3.21. The molecule has 2 heterocycles. The second-order valence-corrected chi connectivity index (χ2v) is 7.95. The van der Waals surface area contributed by atoms with Gasteiger partial charge in [-0.1, -0.05) is 11.8 Å². The number of aromatic nitrogens is 4. The van der Waals surface area contributed by atoms with Crippen molar-refractivity contribution in [2.75, 3.05) is 16.4 Å². The monoisotopic (exact) mass is 450 g/mol. The summed E-state index contributed by atoms with van der Waals surface area (Å²) in [4.78, 5) is 23.6. The lowest BCUT2D eigenvalue weighted by atomic mass is 10.2. The standard InChI is InChI=1S/C22H19FN6O2S/c1-13-19-11-24-29(18-9-3-15(23)4-10-18)21(19)22(28-27-13)32-12-20(31)26-17-7-5-16(6-8-17)25-14(2)30/h3-11H,12H2,1-2H3,(H,25,30)(H,26,31). The van der Waals surface area contributed by atoms with E-state index in [1.165, 1.54) is 30.8 Å². The molecule has 0 spiro atoms. The predicted octanol–water partition coefficient (Wildman–Crippen LogP) is 3.95. The Hall–Kier alpha value is -3.79. The van der Waals surface area contributed by atoms with Gasteiger partial charge in [0.1, 0.15) is 16.4 Å². The van der Waals surface area contributed by atoms with Gasteiger partial charge in [0.15, 0.2) is 0 Å². The summed E-state index contributed by atoms with van der Waals surface area (Å²) < 4.78 is 15.0. The molecule has 0 bridgehead atoms. The van der Waals surface area contributed by atoms with Gasteiger partial charge >= 0.3 is 0 Å². The normalized spacial score (nSPS) is 10.8. The number of nitrogens with one attached hydrogen (secondary N) is 2. The van der Waals surface area contributed by atoms with E-state index in [1.807, 2.05) is 6.92 Å². The highest BCUT2D eigenvalue weighted by Gasteiger charge is 2.16. The number of anilines is 2. The van der Waals surface area contributed by atoms with Crippen LogP contribution >= 0.6 is 11.8 Å². The number of carbonyl (C=O) groups is 2. The molecule has 0 unspecified atom stereocenters. The van der Waals surface area contributed by atoms with Crippen molar-refractivity contribution in [3.05, 3.63) is 66.2 Å². The van der Waals surface area contributed by atoms with Crippen LogP contribution in [0.2, 0.25) is 0 Å². The van der Waals surface area contributed by atoms with Gasteiger partial charge < -0.3 is 10.6 Å². The Morgan fingerprint density at radius 2 is 1.66 bits per heavy atom. The highest BCUT2D eigenvalue weighted by atomic mass is 32.2. The van der Waals surface area contributed by atoms with Gasteiger partial charge in [-0.2, -0.15) is 10.2 Å². The minimum Gasteiger partial charge on any atom is -0.326 e. The smallest absolute Gasteiger partial charge is 0.234 e. The molecule has 10 heteroatoms. The summed E-state index contributed by atoms with van der Waals surface area (Å²) in [6, 6.07) is 12.8. The van der Waals surface area contributed by atoms with E-state index < -0.39 is 0 Å². The molecule has 4 rings (SSSR count). The number of hydrogen-bond acceptors (Lipinski definition) is 6. The van der Waals surface area contributed by atoms with Crippen LogP contribution in [0, 0.1) is 12.7 Å². The fourth-order valence-electron chi connectivity index (χ4n) is 3.09. The van der Waals surface area contributed by atoms with Gasteiger partial charge in [-0.05, 0) is 55.5 Å². The number of halogens is 1. The van der Waals surface area contributed by atoms with Gasteiger partial charge in [-0.15, -0.1) is 5.10 Å². The topological polar surface area (TPSA) is 102 Å². The van der Waals surface area contributed by atoms with E-state index in [4.69, 9.17) is 0 Å². The molecule has 2 aromatic heterocycles. The predicted molar refractivity (Wildman–Crippen MR) is 121 cm³/mol. The quantitative estimate of drug-likeness (QED) is 0.431. The Balaban J connectivity index is 1.51. The molecule has 0 fully saturated rings. The van der Waals surface area contributed by atoms with E-state index in [0.29, 0.717) is 33.3 Å². The Bertz CT molecular complexity index is 1290. The minimum atomic E-state index is -0.336. The van der Waals surface area contributed by atoms with Crippen LogP contribution in [0.15, 0.2) is 59.8 Å². The van der Waals surface area contributed by atoms with E-state index in [2.05, 4.69) is 25.9 Å². The zero-order valence-electron chi connectivity index (χ0n) is 17.3. The molecule has 0 saturated heterocycles. The van der Waals surface area contributed by atoms with Crippen molar-refractivity contribution in [3.63, 3.8) is 0 Å². The van der Waals surface area contributed by atoms with Crippen molar-refractivity contribution in [2.24, 2.45) is 0 Å². The molecule has 0 radical (unpaired) electrons. The first-order valence-electron chi connectivity index (χ1n) is 9.68. The van der Waals surface area contributed by atoms with Crippen LogP contribution < -0.4 is 10.6 Å². The molecule has 8 nitrogen and oxygen atoms in total. The zero-order chi connectivity index (χ0) is 22.7. The van der Waals surface area contributed by atoms with Gasteiger partial charge in [0.2, 0.25) is 11.8 Å². The van der Waals surface area contributed by atoms with Gasteiger partial charge in [-0.25, -0.2) is 9.07 Å². The summed E-state index contributed by atoms with van der Waals surface area (Å²) in [7, 11) is 0. The van der Waals surface area contributed by atoms with Crippen molar-refractivity contribution in [3.8, 4) is 5.69 Å². The maximum Gasteiger partial charge on any atom is 0.234 e. The molecular weight excluding hydrogens is 431 g/mol. The average molecular weight is 450 g/mol. The highest BCUT2D eigenvalue weighted by Crippen LogP contribution is 2.29. The minimum absolute atomic E-state index is 0.106. The van der Waals surface area contributed by atoms with E-state index >= 15 is 0 Å². The Morgan fingerprint density at radius 1 is 1.00 bits per heavy atom. The summed E-state index contributed by atoms with van der Waals surface area (Å²) in [5.41, 5.74) is 3.36. The highest BCUT2D eigenvalue weighted by molar-refractivity contribution is 8.00. The lowest BCUT2D eigenvalue weighted by Gasteiger charge is -2.09. The summed E-state index contributed by atoms with van der Waals surface area (Å²) in [6.45, 7) is 3.26. The zero-order valence-corrected chi connectivity index (χ0v) is 18.1. The molecule has 0 aliphatic carbocycles. The van der Waals surface area contributed by atoms with Crippen LogP contribution in [0.25, 0.3) is 16.6 Å². The molecule has 2 N–H and O–H groups in total. The molecule has 0 atom stereocenters. The molecule has 0 aliphatic rings. The summed E-state index contributed by atoms with van der Waals surface area (Å²) in [5, 5.41) is 19.7. The first-order valence-corrected chi connectivity index (χ1v) is 10.7. The first-order chi connectivity index (χ1) is 15.4. The van der Waals surface area contributed by atoms with Crippen LogP contribution in [-0.4, -0.2) is 37.5 Å². The third-order valence-electron chi connectivity index (χ3n) is 4.55. The van der Waals surface area contributed by atoms with E-state index in [-0.39, 0.29) is 23.4 Å². The van der Waals surface area contributed by atoms with Crippen molar-refractivity contribution in [1.29, 1.82) is 0 Å². The lowest BCUT2D eigenvalue weighted by molar-refractivity contribution is -0.114. The number of thioether (sulfide) groups is 1. The van der Waals surface area contributed by atoms with Crippen molar-refractivity contribution in [1.82, 2.24) is 20.0 Å². The molecule has 32 heavy (non-hydrogen) atoms. The van der Waals surface area contributed by atoms with Crippen LogP contribution in [0.4, 0.5) is 15.8 Å². The van der Waals surface area contributed by atoms with E-state index in [9.17, 15) is 14.0 Å². The van der Waals surface area contributed by atoms with Crippen LogP contribution in [-0.2, 0) is 9.59 Å². The van der Waals surface area contributed by atoms with E-state index in [0.717, 1.165) is 5.39 Å². The van der Waals surface area contributed by atoms with E-state index in [1.54, 1.807) is 47.3 Å². The summed E-state index contributed by atoms with van der Waals surface area (Å²) in [6.07, 6.45) is 1.68. The lowest BCUT2D eigenvalue weighted by Crippen LogP contribution is -2.14. The molecule has 4 aromatic rings. The van der Waals surface area contributed by atoms with Crippen LogP contribution in [0.3, 0.4) is 0 Å². The molecular formula is C22H19FN6O2S. The third kappa shape index (κ3) is 4.75.